The lowest BCUT2D eigenvalue weighted by Crippen LogP contribution is -2.54. The Balaban J connectivity index is 2.02. The van der Waals surface area contributed by atoms with Gasteiger partial charge < -0.3 is 10.4 Å². The van der Waals surface area contributed by atoms with Crippen LogP contribution in [0.3, 0.4) is 0 Å². The van der Waals surface area contributed by atoms with Crippen molar-refractivity contribution in [2.45, 2.75) is 61.3 Å². The van der Waals surface area contributed by atoms with Gasteiger partial charge in [-0.25, -0.2) is 0 Å². The highest BCUT2D eigenvalue weighted by Gasteiger charge is 2.36. The van der Waals surface area contributed by atoms with E-state index in [4.69, 9.17) is 0 Å². The predicted molar refractivity (Wildman–Crippen MR) is 90.3 cm³/mol. The van der Waals surface area contributed by atoms with Gasteiger partial charge in [-0.05, 0) is 37.5 Å². The first kappa shape index (κ1) is 16.3. The van der Waals surface area contributed by atoms with Crippen LogP contribution in [0.1, 0.15) is 39.5 Å². The fraction of sp³-hybridized carbons (Fsp3) is 0.625. The molecule has 0 saturated heterocycles. The van der Waals surface area contributed by atoms with Gasteiger partial charge in [0.1, 0.15) is 0 Å². The van der Waals surface area contributed by atoms with E-state index in [-0.39, 0.29) is 12.1 Å². The van der Waals surface area contributed by atoms with Crippen molar-refractivity contribution in [3.8, 4) is 0 Å². The average Bonchev–Trinajstić information content (AvgIpc) is 2.38. The molecule has 0 bridgehead atoms. The Morgan fingerprint density at radius 3 is 2.95 bits per heavy atom. The normalized spacial score (nSPS) is 26.9. The summed E-state index contributed by atoms with van der Waals surface area (Å²) in [4.78, 5) is 1.31. The second-order valence-corrected chi connectivity index (χ2v) is 8.32. The maximum atomic E-state index is 9.84. The van der Waals surface area contributed by atoms with E-state index in [1.54, 1.807) is 0 Å². The molecule has 2 unspecified atom stereocenters. The Bertz CT molecular complexity index is 440. The van der Waals surface area contributed by atoms with Crippen molar-refractivity contribution in [3.63, 3.8) is 0 Å². The quantitative estimate of drug-likeness (QED) is 0.827. The van der Waals surface area contributed by atoms with E-state index >= 15 is 0 Å². The lowest BCUT2D eigenvalue weighted by atomic mass is 9.81. The highest BCUT2D eigenvalue weighted by Crippen LogP contribution is 2.38. The Morgan fingerprint density at radius 1 is 1.50 bits per heavy atom. The van der Waals surface area contributed by atoms with Gasteiger partial charge in [0, 0.05) is 26.2 Å². The van der Waals surface area contributed by atoms with Crippen molar-refractivity contribution < 1.29 is 5.11 Å². The van der Waals surface area contributed by atoms with Gasteiger partial charge in [-0.2, -0.15) is 0 Å². The molecule has 1 saturated carbocycles. The van der Waals surface area contributed by atoms with Crippen molar-refractivity contribution >= 4 is 27.7 Å². The van der Waals surface area contributed by atoms with Crippen molar-refractivity contribution in [3.05, 3.63) is 28.7 Å². The van der Waals surface area contributed by atoms with E-state index in [1.807, 2.05) is 11.8 Å². The molecule has 1 aliphatic rings. The topological polar surface area (TPSA) is 32.3 Å². The van der Waals surface area contributed by atoms with Crippen LogP contribution in [0.25, 0.3) is 0 Å². The molecule has 2 rings (SSSR count). The van der Waals surface area contributed by atoms with Gasteiger partial charge in [-0.1, -0.05) is 42.3 Å². The molecule has 0 aliphatic heterocycles. The summed E-state index contributed by atoms with van der Waals surface area (Å²) in [5.74, 6) is 0. The SMILES string of the molecule is CC(C)NC1(CO)CCCC(Sc2cccc(Br)c2)C1. The van der Waals surface area contributed by atoms with Crippen LogP contribution in [0.2, 0.25) is 0 Å². The first-order valence-electron chi connectivity index (χ1n) is 7.34. The minimum absolute atomic E-state index is 0.0872. The van der Waals surface area contributed by atoms with Crippen LogP contribution < -0.4 is 5.32 Å². The van der Waals surface area contributed by atoms with Crippen LogP contribution in [0.15, 0.2) is 33.6 Å². The molecular weight excluding hydrogens is 334 g/mol. The largest absolute Gasteiger partial charge is 0.394 e. The fourth-order valence-corrected chi connectivity index (χ4v) is 5.05. The number of rotatable bonds is 5. The molecule has 0 aromatic heterocycles. The van der Waals surface area contributed by atoms with E-state index < -0.39 is 0 Å². The number of hydrogen-bond acceptors (Lipinski definition) is 3. The van der Waals surface area contributed by atoms with E-state index in [1.165, 1.54) is 17.7 Å². The van der Waals surface area contributed by atoms with Crippen LogP contribution in [0, 0.1) is 0 Å². The molecule has 1 aromatic carbocycles. The van der Waals surface area contributed by atoms with E-state index in [9.17, 15) is 5.11 Å². The minimum atomic E-state index is -0.0872. The van der Waals surface area contributed by atoms with Gasteiger partial charge >= 0.3 is 0 Å². The first-order chi connectivity index (χ1) is 9.53. The number of benzene rings is 1. The maximum Gasteiger partial charge on any atom is 0.0613 e. The molecule has 20 heavy (non-hydrogen) atoms. The van der Waals surface area contributed by atoms with Gasteiger partial charge in [-0.3, -0.25) is 0 Å². The number of aliphatic hydroxyl groups excluding tert-OH is 1. The molecule has 4 heteroatoms. The highest BCUT2D eigenvalue weighted by molar-refractivity contribution is 9.10. The van der Waals surface area contributed by atoms with Crippen molar-refractivity contribution in [2.24, 2.45) is 0 Å². The molecule has 0 amide bonds. The number of halogens is 1. The Kier molecular flexibility index (Phi) is 5.96. The summed E-state index contributed by atoms with van der Waals surface area (Å²) >= 11 is 5.47. The zero-order valence-corrected chi connectivity index (χ0v) is 14.6. The van der Waals surface area contributed by atoms with Gasteiger partial charge in [0.2, 0.25) is 0 Å². The summed E-state index contributed by atoms with van der Waals surface area (Å²) in [5.41, 5.74) is -0.0872. The lowest BCUT2D eigenvalue weighted by molar-refractivity contribution is 0.115. The minimum Gasteiger partial charge on any atom is -0.394 e. The van der Waals surface area contributed by atoms with Crippen molar-refractivity contribution in [1.29, 1.82) is 0 Å². The molecule has 112 valence electrons. The van der Waals surface area contributed by atoms with Crippen LogP contribution >= 0.6 is 27.7 Å². The molecule has 1 aromatic rings. The van der Waals surface area contributed by atoms with Gasteiger partial charge in [0.15, 0.2) is 0 Å². The molecule has 2 N–H and O–H groups in total. The highest BCUT2D eigenvalue weighted by atomic mass is 79.9. The first-order valence-corrected chi connectivity index (χ1v) is 9.01. The second kappa shape index (κ2) is 7.30. The van der Waals surface area contributed by atoms with Crippen LogP contribution in [0.5, 0.6) is 0 Å². The third-order valence-corrected chi connectivity index (χ3v) is 5.55. The number of nitrogens with one attached hydrogen (secondary N) is 1. The average molecular weight is 358 g/mol. The predicted octanol–water partition coefficient (Wildman–Crippen LogP) is 4.21. The molecule has 0 radical (unpaired) electrons. The zero-order valence-electron chi connectivity index (χ0n) is 12.2. The van der Waals surface area contributed by atoms with Crippen molar-refractivity contribution in [2.75, 3.05) is 6.61 Å². The van der Waals surface area contributed by atoms with Gasteiger partial charge in [0.25, 0.3) is 0 Å². The molecule has 0 spiro atoms. The Labute approximate surface area is 134 Å². The fourth-order valence-electron chi connectivity index (χ4n) is 3.07. The smallest absolute Gasteiger partial charge is 0.0613 e. The van der Waals surface area contributed by atoms with Crippen LogP contribution in [-0.2, 0) is 0 Å². The van der Waals surface area contributed by atoms with Crippen molar-refractivity contribution in [1.82, 2.24) is 5.32 Å². The van der Waals surface area contributed by atoms with Crippen LogP contribution in [0.4, 0.5) is 0 Å². The van der Waals surface area contributed by atoms with E-state index in [2.05, 4.69) is 59.4 Å². The molecule has 2 atom stereocenters. The number of thioether (sulfide) groups is 1. The summed E-state index contributed by atoms with van der Waals surface area (Å²) in [6, 6.07) is 8.90. The number of aliphatic hydroxyl groups is 1. The van der Waals surface area contributed by atoms with E-state index in [0.717, 1.165) is 17.3 Å². The maximum absolute atomic E-state index is 9.84. The van der Waals surface area contributed by atoms with Crippen LogP contribution in [-0.4, -0.2) is 28.5 Å². The third-order valence-electron chi connectivity index (χ3n) is 3.80. The monoisotopic (exact) mass is 357 g/mol. The third kappa shape index (κ3) is 4.48. The van der Waals surface area contributed by atoms with Gasteiger partial charge in [0.05, 0.1) is 6.61 Å². The molecule has 2 nitrogen and oxygen atoms in total. The lowest BCUT2D eigenvalue weighted by Gasteiger charge is -2.41. The molecular formula is C16H24BrNOS. The van der Waals surface area contributed by atoms with E-state index in [0.29, 0.717) is 11.3 Å². The Hall–Kier alpha value is -0.0300. The van der Waals surface area contributed by atoms with Gasteiger partial charge in [-0.15, -0.1) is 11.8 Å². The zero-order chi connectivity index (χ0) is 14.6. The molecule has 1 aliphatic carbocycles. The summed E-state index contributed by atoms with van der Waals surface area (Å²) in [5, 5.41) is 14.0. The summed E-state index contributed by atoms with van der Waals surface area (Å²) in [7, 11) is 0. The summed E-state index contributed by atoms with van der Waals surface area (Å²) < 4.78 is 1.13. The summed E-state index contributed by atoms with van der Waals surface area (Å²) in [6.45, 7) is 4.55. The second-order valence-electron chi connectivity index (χ2n) is 6.03. The molecule has 0 heterocycles. The standard InChI is InChI=1S/C16H24BrNOS/c1-12(2)18-16(11-19)8-4-7-15(10-16)20-14-6-3-5-13(17)9-14/h3,5-6,9,12,15,18-19H,4,7-8,10-11H2,1-2H3. The molecule has 1 fully saturated rings. The summed E-state index contributed by atoms with van der Waals surface area (Å²) in [6.07, 6.45) is 4.54. The number of hydrogen-bond donors (Lipinski definition) is 2. The Morgan fingerprint density at radius 2 is 2.30 bits per heavy atom.